The molecule has 0 saturated heterocycles. The Labute approximate surface area is 312 Å². The van der Waals surface area contributed by atoms with Gasteiger partial charge in [-0.05, 0) is 82.6 Å². The van der Waals surface area contributed by atoms with Crippen molar-refractivity contribution in [3.63, 3.8) is 0 Å². The molecule has 0 saturated carbocycles. The maximum Gasteiger partial charge on any atom is 0.147 e. The van der Waals surface area contributed by atoms with Crippen LogP contribution in [0.4, 0.5) is 0 Å². The highest BCUT2D eigenvalue weighted by atomic mass is 32.1. The molecule has 0 amide bonds. The highest BCUT2D eigenvalue weighted by Crippen LogP contribution is 2.47. The largest absolute Gasteiger partial charge is 0.309 e. The molecule has 256 valence electrons. The predicted octanol–water partition coefficient (Wildman–Crippen LogP) is 13.5. The summed E-state index contributed by atoms with van der Waals surface area (Å²) in [4.78, 5) is 10.1. The minimum absolute atomic E-state index is 0.273. The number of aromatic nitrogens is 4. The van der Waals surface area contributed by atoms with Crippen molar-refractivity contribution in [2.75, 3.05) is 0 Å². The summed E-state index contributed by atoms with van der Waals surface area (Å²) >= 11 is 1.86. The number of rotatable bonds is 6. The average molecular weight is 703 g/mol. The van der Waals surface area contributed by atoms with Gasteiger partial charge in [-0.25, -0.2) is 4.98 Å². The normalized spacial score (nSPS) is 12.1. The van der Waals surface area contributed by atoms with Gasteiger partial charge in [0.05, 0.1) is 39.6 Å². The van der Waals surface area contributed by atoms with Crippen LogP contribution in [-0.2, 0) is 0 Å². The van der Waals surface area contributed by atoms with E-state index in [0.29, 0.717) is 0 Å². The lowest BCUT2D eigenvalue weighted by molar-refractivity contribution is 0.811. The van der Waals surface area contributed by atoms with Crippen LogP contribution in [0, 0.1) is 0 Å². The zero-order valence-corrected chi connectivity index (χ0v) is 31.0. The minimum Gasteiger partial charge on any atom is -0.309 e. The monoisotopic (exact) mass is 702 g/mol. The molecular weight excluding hydrogens is 665 g/mol. The number of thiophene rings is 1. The second-order valence-electron chi connectivity index (χ2n) is 14.6. The van der Waals surface area contributed by atoms with E-state index in [2.05, 4.69) is 169 Å². The molecule has 10 rings (SSSR count). The van der Waals surface area contributed by atoms with Gasteiger partial charge in [-0.1, -0.05) is 113 Å². The standard InChI is InChI=1S/C48H38N4S/c1-29(2)37-26-32(31-14-6-5-7-15-31)27-38(30(3)4)46(37)52-43-28-49-25-24-39(43)50-48(52)36-22-23-42(45-35-18-10-13-21-44(35)53-47(36)45)51-40-19-11-8-16-33(40)34-17-9-12-20-41(34)51/h5-30H,1-4H3. The van der Waals surface area contributed by atoms with E-state index < -0.39 is 0 Å². The van der Waals surface area contributed by atoms with Crippen molar-refractivity contribution in [2.24, 2.45) is 0 Å². The molecule has 0 unspecified atom stereocenters. The number of hydrogen-bond donors (Lipinski definition) is 0. The fraction of sp³-hybridized carbons (Fsp3) is 0.125. The summed E-state index contributed by atoms with van der Waals surface area (Å²) in [5.41, 5.74) is 13.0. The first-order valence-electron chi connectivity index (χ1n) is 18.5. The smallest absolute Gasteiger partial charge is 0.147 e. The van der Waals surface area contributed by atoms with E-state index in [-0.39, 0.29) is 11.8 Å². The van der Waals surface area contributed by atoms with Crippen molar-refractivity contribution in [1.29, 1.82) is 0 Å². The fourth-order valence-corrected chi connectivity index (χ4v) is 9.53. The first kappa shape index (κ1) is 31.7. The molecule has 0 aliphatic heterocycles. The van der Waals surface area contributed by atoms with Crippen molar-refractivity contribution in [3.05, 3.63) is 157 Å². The van der Waals surface area contributed by atoms with Crippen LogP contribution in [0.1, 0.15) is 50.7 Å². The lowest BCUT2D eigenvalue weighted by Gasteiger charge is -2.24. The van der Waals surface area contributed by atoms with E-state index in [0.717, 1.165) is 22.4 Å². The molecule has 4 aromatic heterocycles. The third-order valence-electron chi connectivity index (χ3n) is 10.8. The van der Waals surface area contributed by atoms with Crippen molar-refractivity contribution < 1.29 is 0 Å². The molecule has 0 N–H and O–H groups in total. The Kier molecular flexibility index (Phi) is 7.34. The van der Waals surface area contributed by atoms with Gasteiger partial charge in [-0.2, -0.15) is 0 Å². The van der Waals surface area contributed by atoms with Crippen LogP contribution in [0.25, 0.3) is 86.9 Å². The molecule has 0 fully saturated rings. The van der Waals surface area contributed by atoms with Crippen LogP contribution >= 0.6 is 11.3 Å². The molecule has 5 heteroatoms. The summed E-state index contributed by atoms with van der Waals surface area (Å²) in [7, 11) is 0. The molecule has 0 aliphatic carbocycles. The summed E-state index contributed by atoms with van der Waals surface area (Å²) in [6, 6.07) is 48.6. The summed E-state index contributed by atoms with van der Waals surface area (Å²) in [5.74, 6) is 1.49. The Bertz CT molecular complexity index is 2930. The topological polar surface area (TPSA) is 35.6 Å². The number of nitrogens with zero attached hydrogens (tertiary/aromatic N) is 4. The summed E-state index contributed by atoms with van der Waals surface area (Å²) < 4.78 is 7.37. The van der Waals surface area contributed by atoms with Crippen LogP contribution in [0.2, 0.25) is 0 Å². The quantitative estimate of drug-likeness (QED) is 0.173. The van der Waals surface area contributed by atoms with E-state index >= 15 is 0 Å². The number of hydrogen-bond acceptors (Lipinski definition) is 3. The van der Waals surface area contributed by atoms with Crippen molar-refractivity contribution in [3.8, 4) is 33.9 Å². The van der Waals surface area contributed by atoms with Gasteiger partial charge in [0.25, 0.3) is 0 Å². The van der Waals surface area contributed by atoms with Gasteiger partial charge in [0.2, 0.25) is 0 Å². The van der Waals surface area contributed by atoms with Crippen LogP contribution in [-0.4, -0.2) is 19.1 Å². The third kappa shape index (κ3) is 4.88. The van der Waals surface area contributed by atoms with Crippen molar-refractivity contribution in [2.45, 2.75) is 39.5 Å². The number of benzene rings is 6. The maximum absolute atomic E-state index is 5.48. The molecule has 10 aromatic rings. The predicted molar refractivity (Wildman–Crippen MR) is 225 cm³/mol. The van der Waals surface area contributed by atoms with Crippen LogP contribution < -0.4 is 0 Å². The van der Waals surface area contributed by atoms with Crippen molar-refractivity contribution >= 4 is 64.3 Å². The van der Waals surface area contributed by atoms with E-state index in [9.17, 15) is 0 Å². The van der Waals surface area contributed by atoms with Gasteiger partial charge < -0.3 is 4.57 Å². The van der Waals surface area contributed by atoms with Crippen LogP contribution in [0.15, 0.2) is 146 Å². The zero-order valence-electron chi connectivity index (χ0n) is 30.2. The molecule has 4 nitrogen and oxygen atoms in total. The number of fused-ring (bicyclic) bond motifs is 7. The van der Waals surface area contributed by atoms with Crippen molar-refractivity contribution in [1.82, 2.24) is 19.1 Å². The Balaban J connectivity index is 1.32. The Morgan fingerprint density at radius 1 is 0.566 bits per heavy atom. The second kappa shape index (κ2) is 12.3. The minimum atomic E-state index is 0.273. The number of pyridine rings is 1. The van der Waals surface area contributed by atoms with E-state index in [1.165, 1.54) is 75.6 Å². The average Bonchev–Trinajstić information content (AvgIpc) is 3.87. The molecule has 0 atom stereocenters. The zero-order chi connectivity index (χ0) is 35.8. The molecule has 0 bridgehead atoms. The van der Waals surface area contributed by atoms with Gasteiger partial charge >= 0.3 is 0 Å². The fourth-order valence-electron chi connectivity index (χ4n) is 8.30. The van der Waals surface area contributed by atoms with Gasteiger partial charge in [0.15, 0.2) is 0 Å². The molecule has 53 heavy (non-hydrogen) atoms. The van der Waals surface area contributed by atoms with Gasteiger partial charge in [0.1, 0.15) is 5.82 Å². The Morgan fingerprint density at radius 3 is 1.87 bits per heavy atom. The first-order valence-corrected chi connectivity index (χ1v) is 19.3. The van der Waals surface area contributed by atoms with Gasteiger partial charge in [-0.15, -0.1) is 11.3 Å². The number of para-hydroxylation sites is 2. The maximum atomic E-state index is 5.48. The van der Waals surface area contributed by atoms with Gasteiger partial charge in [-0.3, -0.25) is 9.55 Å². The van der Waals surface area contributed by atoms with E-state index in [1.807, 2.05) is 29.8 Å². The molecule has 0 radical (unpaired) electrons. The summed E-state index contributed by atoms with van der Waals surface area (Å²) in [6.07, 6.45) is 3.84. The van der Waals surface area contributed by atoms with Gasteiger partial charge in [0, 0.05) is 42.7 Å². The highest BCUT2D eigenvalue weighted by molar-refractivity contribution is 7.26. The summed E-state index contributed by atoms with van der Waals surface area (Å²) in [6.45, 7) is 9.22. The summed E-state index contributed by atoms with van der Waals surface area (Å²) in [5, 5.41) is 5.03. The van der Waals surface area contributed by atoms with E-state index in [4.69, 9.17) is 4.98 Å². The number of imidazole rings is 1. The lowest BCUT2D eigenvalue weighted by atomic mass is 9.88. The van der Waals surface area contributed by atoms with Crippen LogP contribution in [0.5, 0.6) is 0 Å². The van der Waals surface area contributed by atoms with E-state index in [1.54, 1.807) is 0 Å². The lowest BCUT2D eigenvalue weighted by Crippen LogP contribution is -2.09. The van der Waals surface area contributed by atoms with Crippen LogP contribution in [0.3, 0.4) is 0 Å². The molecule has 6 aromatic carbocycles. The Hall–Kier alpha value is -6.04. The molecular formula is C48H38N4S. The molecule has 0 spiro atoms. The molecule has 0 aliphatic rings. The molecule has 4 heterocycles. The first-order chi connectivity index (χ1) is 26.0. The Morgan fingerprint density at radius 2 is 1.19 bits per heavy atom. The second-order valence-corrected chi connectivity index (χ2v) is 15.7. The highest BCUT2D eigenvalue weighted by Gasteiger charge is 2.26. The SMILES string of the molecule is CC(C)c1cc(-c2ccccc2)cc(C(C)C)c1-n1c(-c2ccc(-n3c4ccccc4c4ccccc43)c3c2sc2ccccc23)nc2ccncc21. The third-order valence-corrected chi connectivity index (χ3v) is 12.0.